The van der Waals surface area contributed by atoms with Crippen LogP contribution in [0, 0.1) is 0 Å². The fraction of sp³-hybridized carbons (Fsp3) is 0.190. The lowest BCUT2D eigenvalue weighted by molar-refractivity contribution is 0.0847. The number of rotatable bonds is 6. The lowest BCUT2D eigenvalue weighted by Gasteiger charge is -2.12. The van der Waals surface area contributed by atoms with E-state index in [0.29, 0.717) is 34.7 Å². The van der Waals surface area contributed by atoms with Gasteiger partial charge in [0.05, 0.1) is 24.8 Å². The number of nitrogens with one attached hydrogen (secondary N) is 2. The molecular formula is C21H21N3O4. The van der Waals surface area contributed by atoms with Crippen LogP contribution in [0.2, 0.25) is 0 Å². The highest BCUT2D eigenvalue weighted by molar-refractivity contribution is 6.06. The molecule has 2 N–H and O–H groups in total. The summed E-state index contributed by atoms with van der Waals surface area (Å²) in [6.45, 7) is 2.56. The van der Waals surface area contributed by atoms with E-state index in [1.54, 1.807) is 42.6 Å². The largest absolute Gasteiger partial charge is 0.493 e. The van der Waals surface area contributed by atoms with Crippen molar-refractivity contribution in [3.8, 4) is 11.5 Å². The van der Waals surface area contributed by atoms with Crippen LogP contribution in [-0.2, 0) is 0 Å². The van der Waals surface area contributed by atoms with Gasteiger partial charge >= 0.3 is 0 Å². The molecule has 0 bridgehead atoms. The Labute approximate surface area is 162 Å². The summed E-state index contributed by atoms with van der Waals surface area (Å²) >= 11 is 0. The Hall–Kier alpha value is -3.61. The van der Waals surface area contributed by atoms with E-state index in [9.17, 15) is 9.59 Å². The van der Waals surface area contributed by atoms with E-state index in [0.717, 1.165) is 11.8 Å². The predicted octanol–water partition coefficient (Wildman–Crippen LogP) is 3.11. The van der Waals surface area contributed by atoms with E-state index in [4.69, 9.17) is 9.47 Å². The van der Waals surface area contributed by atoms with Crippen molar-refractivity contribution in [2.24, 2.45) is 0 Å². The van der Waals surface area contributed by atoms with Crippen LogP contribution in [0.1, 0.15) is 34.1 Å². The van der Waals surface area contributed by atoms with Gasteiger partial charge in [0.1, 0.15) is 0 Å². The zero-order chi connectivity index (χ0) is 19.9. The van der Waals surface area contributed by atoms with Crippen molar-refractivity contribution < 1.29 is 19.1 Å². The Kier molecular flexibility index (Phi) is 6.06. The number of carbonyl (C=O) groups is 2. The molecule has 2 aromatic carbocycles. The van der Waals surface area contributed by atoms with E-state index in [-0.39, 0.29) is 0 Å². The van der Waals surface area contributed by atoms with Crippen molar-refractivity contribution >= 4 is 22.7 Å². The van der Waals surface area contributed by atoms with Gasteiger partial charge in [0, 0.05) is 17.1 Å². The molecule has 7 heteroatoms. The second-order valence-corrected chi connectivity index (χ2v) is 6.00. The Balaban J connectivity index is 1.70. The first-order chi connectivity index (χ1) is 13.6. The van der Waals surface area contributed by atoms with Gasteiger partial charge in [-0.05, 0) is 36.8 Å². The topological polar surface area (TPSA) is 89.6 Å². The summed E-state index contributed by atoms with van der Waals surface area (Å²) in [6, 6.07) is 13.8. The van der Waals surface area contributed by atoms with Gasteiger partial charge in [-0.25, -0.2) is 0 Å². The summed E-state index contributed by atoms with van der Waals surface area (Å²) in [5.41, 5.74) is 6.11. The number of para-hydroxylation sites is 1. The Morgan fingerprint density at radius 3 is 2.57 bits per heavy atom. The van der Waals surface area contributed by atoms with Crippen LogP contribution in [-0.4, -0.2) is 30.5 Å². The quantitative estimate of drug-likeness (QED) is 0.643. The molecule has 0 fully saturated rings. The number of amides is 2. The Bertz CT molecular complexity index is 999. The summed E-state index contributed by atoms with van der Waals surface area (Å²) in [5, 5.41) is 0.842. The predicted molar refractivity (Wildman–Crippen MR) is 105 cm³/mol. The van der Waals surface area contributed by atoms with Gasteiger partial charge in [-0.2, -0.15) is 0 Å². The van der Waals surface area contributed by atoms with Crippen LogP contribution in [0.3, 0.4) is 0 Å². The summed E-state index contributed by atoms with van der Waals surface area (Å²) < 4.78 is 10.9. The zero-order valence-electron chi connectivity index (χ0n) is 15.7. The number of ether oxygens (including phenoxy) is 2. The molecule has 28 heavy (non-hydrogen) atoms. The number of aromatic nitrogens is 1. The molecule has 0 radical (unpaired) electrons. The maximum atomic E-state index is 12.5. The molecule has 2 amide bonds. The van der Waals surface area contributed by atoms with Crippen molar-refractivity contribution in [1.29, 1.82) is 0 Å². The zero-order valence-corrected chi connectivity index (χ0v) is 15.7. The molecule has 0 aliphatic rings. The van der Waals surface area contributed by atoms with Crippen LogP contribution in [0.15, 0.2) is 54.7 Å². The maximum absolute atomic E-state index is 12.5. The van der Waals surface area contributed by atoms with Crippen LogP contribution < -0.4 is 20.3 Å². The minimum absolute atomic E-state index is 0.331. The van der Waals surface area contributed by atoms with Gasteiger partial charge in [0.15, 0.2) is 11.5 Å². The Morgan fingerprint density at radius 2 is 1.79 bits per heavy atom. The van der Waals surface area contributed by atoms with Crippen LogP contribution in [0.4, 0.5) is 0 Å². The molecule has 0 atom stereocenters. The van der Waals surface area contributed by atoms with Gasteiger partial charge in [-0.15, -0.1) is 0 Å². The second kappa shape index (κ2) is 8.85. The third-order valence-corrected chi connectivity index (χ3v) is 4.05. The van der Waals surface area contributed by atoms with Gasteiger partial charge < -0.3 is 9.47 Å². The normalized spacial score (nSPS) is 10.4. The fourth-order valence-electron chi connectivity index (χ4n) is 2.68. The molecule has 0 aliphatic heterocycles. The number of carbonyl (C=O) groups excluding carboxylic acids is 2. The maximum Gasteiger partial charge on any atom is 0.271 e. The average Bonchev–Trinajstić information content (AvgIpc) is 2.75. The van der Waals surface area contributed by atoms with Gasteiger partial charge in [-0.1, -0.05) is 25.1 Å². The molecule has 3 aromatic rings. The Morgan fingerprint density at radius 1 is 1.00 bits per heavy atom. The van der Waals surface area contributed by atoms with Gasteiger partial charge in [-0.3, -0.25) is 25.4 Å². The highest BCUT2D eigenvalue weighted by Gasteiger charge is 2.14. The van der Waals surface area contributed by atoms with Crippen LogP contribution in [0.25, 0.3) is 10.9 Å². The number of hydrazine groups is 1. The summed E-state index contributed by atoms with van der Waals surface area (Å²) in [4.78, 5) is 29.1. The van der Waals surface area contributed by atoms with Gasteiger partial charge in [0.2, 0.25) is 0 Å². The number of hydrogen-bond acceptors (Lipinski definition) is 5. The summed E-state index contributed by atoms with van der Waals surface area (Å²) in [5.74, 6) is 0.0897. The number of fused-ring (bicyclic) bond motifs is 1. The third-order valence-electron chi connectivity index (χ3n) is 4.05. The first-order valence-corrected chi connectivity index (χ1v) is 8.89. The lowest BCUT2D eigenvalue weighted by Crippen LogP contribution is -2.41. The van der Waals surface area contributed by atoms with Crippen molar-refractivity contribution in [1.82, 2.24) is 15.8 Å². The van der Waals surface area contributed by atoms with Crippen molar-refractivity contribution in [2.75, 3.05) is 13.7 Å². The minimum atomic E-state index is -0.470. The molecule has 0 saturated carbocycles. The SMILES string of the molecule is CCCOc1ccc(C(=O)NNC(=O)c2cccc3cccnc23)cc1OC. The first kappa shape index (κ1) is 19.2. The molecule has 144 valence electrons. The number of hydrogen-bond donors (Lipinski definition) is 2. The lowest BCUT2D eigenvalue weighted by atomic mass is 10.1. The fourth-order valence-corrected chi connectivity index (χ4v) is 2.68. The van der Waals surface area contributed by atoms with Gasteiger partial charge in [0.25, 0.3) is 11.8 Å². The minimum Gasteiger partial charge on any atom is -0.493 e. The number of methoxy groups -OCH3 is 1. The standard InChI is InChI=1S/C21H21N3O4/c1-3-12-28-17-10-9-15(13-18(17)27-2)20(25)23-24-21(26)16-8-4-6-14-7-5-11-22-19(14)16/h4-11,13H,3,12H2,1-2H3,(H,23,25)(H,24,26). The molecule has 1 heterocycles. The average molecular weight is 379 g/mol. The van der Waals surface area contributed by atoms with E-state index < -0.39 is 11.8 Å². The second-order valence-electron chi connectivity index (χ2n) is 6.00. The van der Waals surface area contributed by atoms with E-state index in [1.807, 2.05) is 19.1 Å². The van der Waals surface area contributed by atoms with E-state index in [2.05, 4.69) is 15.8 Å². The number of pyridine rings is 1. The highest BCUT2D eigenvalue weighted by atomic mass is 16.5. The molecule has 0 aliphatic carbocycles. The van der Waals surface area contributed by atoms with Crippen LogP contribution >= 0.6 is 0 Å². The molecule has 1 aromatic heterocycles. The summed E-state index contributed by atoms with van der Waals surface area (Å²) in [7, 11) is 1.51. The molecule has 7 nitrogen and oxygen atoms in total. The van der Waals surface area contributed by atoms with Crippen molar-refractivity contribution in [3.05, 3.63) is 65.9 Å². The molecule has 0 spiro atoms. The van der Waals surface area contributed by atoms with E-state index >= 15 is 0 Å². The highest BCUT2D eigenvalue weighted by Crippen LogP contribution is 2.28. The molecule has 0 unspecified atom stereocenters. The van der Waals surface area contributed by atoms with Crippen molar-refractivity contribution in [2.45, 2.75) is 13.3 Å². The molecule has 3 rings (SSSR count). The number of benzene rings is 2. The summed E-state index contributed by atoms with van der Waals surface area (Å²) in [6.07, 6.45) is 2.48. The third kappa shape index (κ3) is 4.20. The van der Waals surface area contributed by atoms with E-state index in [1.165, 1.54) is 7.11 Å². The monoisotopic (exact) mass is 379 g/mol. The molecular weight excluding hydrogens is 358 g/mol. The van der Waals surface area contributed by atoms with Crippen LogP contribution in [0.5, 0.6) is 11.5 Å². The first-order valence-electron chi connectivity index (χ1n) is 8.89. The van der Waals surface area contributed by atoms with Crippen molar-refractivity contribution in [3.63, 3.8) is 0 Å². The number of nitrogens with zero attached hydrogens (tertiary/aromatic N) is 1. The smallest absolute Gasteiger partial charge is 0.271 e. The molecule has 0 saturated heterocycles.